The number of esters is 2. The molecule has 0 aliphatic heterocycles. The fourth-order valence-electron chi connectivity index (χ4n) is 2.07. The monoisotopic (exact) mass is 252 g/mol. The van der Waals surface area contributed by atoms with Gasteiger partial charge >= 0.3 is 11.9 Å². The Hall–Kier alpha value is -1.58. The molecule has 0 saturated carbocycles. The zero-order valence-electron chi connectivity index (χ0n) is 11.2. The molecular weight excluding hydrogens is 232 g/mol. The third-order valence-electron chi connectivity index (χ3n) is 3.10. The van der Waals surface area contributed by atoms with Gasteiger partial charge in [-0.2, -0.15) is 0 Å². The third kappa shape index (κ3) is 4.02. The second kappa shape index (κ2) is 6.99. The maximum atomic E-state index is 11.6. The first-order valence-electron chi connectivity index (χ1n) is 6.19. The van der Waals surface area contributed by atoms with Crippen LogP contribution in [0.1, 0.15) is 33.1 Å². The number of hydrogen-bond acceptors (Lipinski definition) is 4. The van der Waals surface area contributed by atoms with Crippen molar-refractivity contribution < 1.29 is 19.1 Å². The molecule has 4 heteroatoms. The Bertz CT molecular complexity index is 379. The highest BCUT2D eigenvalue weighted by Crippen LogP contribution is 2.30. The van der Waals surface area contributed by atoms with E-state index < -0.39 is 0 Å². The Kier molecular flexibility index (Phi) is 5.62. The van der Waals surface area contributed by atoms with Gasteiger partial charge in [-0.05, 0) is 38.7 Å². The number of methoxy groups -OCH3 is 1. The average molecular weight is 252 g/mol. The molecular formula is C14H20O4. The van der Waals surface area contributed by atoms with Crippen molar-refractivity contribution >= 4 is 11.9 Å². The first-order chi connectivity index (χ1) is 8.58. The molecule has 100 valence electrons. The molecule has 0 spiro atoms. The van der Waals surface area contributed by atoms with Crippen molar-refractivity contribution in [1.82, 2.24) is 0 Å². The van der Waals surface area contributed by atoms with Gasteiger partial charge in [0.2, 0.25) is 0 Å². The first-order valence-corrected chi connectivity index (χ1v) is 6.19. The summed E-state index contributed by atoms with van der Waals surface area (Å²) in [4.78, 5) is 22.6. The summed E-state index contributed by atoms with van der Waals surface area (Å²) in [5, 5.41) is 0. The minimum absolute atomic E-state index is 0.0415. The number of rotatable bonds is 4. The van der Waals surface area contributed by atoms with Gasteiger partial charge < -0.3 is 9.47 Å². The summed E-state index contributed by atoms with van der Waals surface area (Å²) in [5.74, 6) is -0.518. The fraction of sp³-hybridized carbons (Fsp3) is 0.571. The lowest BCUT2D eigenvalue weighted by Crippen LogP contribution is -2.21. The van der Waals surface area contributed by atoms with Crippen molar-refractivity contribution in [2.45, 2.75) is 33.1 Å². The molecule has 0 fully saturated rings. The van der Waals surface area contributed by atoms with Crippen LogP contribution >= 0.6 is 0 Å². The lowest BCUT2D eigenvalue weighted by Gasteiger charge is -2.22. The van der Waals surface area contributed by atoms with Gasteiger partial charge in [-0.3, -0.25) is 4.79 Å². The van der Waals surface area contributed by atoms with E-state index in [0.717, 1.165) is 24.0 Å². The van der Waals surface area contributed by atoms with Gasteiger partial charge in [0.25, 0.3) is 0 Å². The first kappa shape index (κ1) is 14.5. The Labute approximate surface area is 108 Å². The van der Waals surface area contributed by atoms with Gasteiger partial charge in [0.05, 0.1) is 19.6 Å². The van der Waals surface area contributed by atoms with Gasteiger partial charge in [-0.15, -0.1) is 0 Å². The molecule has 18 heavy (non-hydrogen) atoms. The van der Waals surface area contributed by atoms with E-state index in [4.69, 9.17) is 4.74 Å². The second-order valence-corrected chi connectivity index (χ2v) is 4.35. The molecule has 0 radical (unpaired) electrons. The Balaban J connectivity index is 2.64. The summed E-state index contributed by atoms with van der Waals surface area (Å²) in [6.07, 6.45) is 5.48. The summed E-state index contributed by atoms with van der Waals surface area (Å²) in [6.45, 7) is 4.23. The van der Waals surface area contributed by atoms with Crippen molar-refractivity contribution in [3.8, 4) is 0 Å². The van der Waals surface area contributed by atoms with Gasteiger partial charge in [-0.1, -0.05) is 11.6 Å². The predicted octanol–water partition coefficient (Wildman–Crippen LogP) is 2.40. The Morgan fingerprint density at radius 1 is 1.44 bits per heavy atom. The van der Waals surface area contributed by atoms with E-state index in [1.807, 2.05) is 13.8 Å². The van der Waals surface area contributed by atoms with Crippen LogP contribution in [0.25, 0.3) is 0 Å². The molecule has 0 N–H and O–H groups in total. The predicted molar refractivity (Wildman–Crippen MR) is 67.8 cm³/mol. The quantitative estimate of drug-likeness (QED) is 0.569. The lowest BCUT2D eigenvalue weighted by molar-refractivity contribution is -0.148. The van der Waals surface area contributed by atoms with Crippen LogP contribution in [0.15, 0.2) is 23.3 Å². The van der Waals surface area contributed by atoms with Crippen LogP contribution in [0.3, 0.4) is 0 Å². The highest BCUT2D eigenvalue weighted by molar-refractivity contribution is 5.82. The van der Waals surface area contributed by atoms with Crippen LogP contribution in [0.4, 0.5) is 0 Å². The standard InChI is InChI=1S/C14H20O4/c1-4-18-14(16)12-6-5-11(10(2)9-12)7-8-13(15)17-3/h7-8,12H,4-6,9H2,1-3H3/b8-7+. The maximum Gasteiger partial charge on any atom is 0.330 e. The average Bonchev–Trinajstić information content (AvgIpc) is 2.37. The van der Waals surface area contributed by atoms with Crippen molar-refractivity contribution in [1.29, 1.82) is 0 Å². The van der Waals surface area contributed by atoms with E-state index in [1.54, 1.807) is 6.08 Å². The Morgan fingerprint density at radius 2 is 2.17 bits per heavy atom. The fourth-order valence-corrected chi connectivity index (χ4v) is 2.07. The number of ether oxygens (including phenoxy) is 2. The topological polar surface area (TPSA) is 52.6 Å². The minimum atomic E-state index is -0.359. The zero-order valence-corrected chi connectivity index (χ0v) is 11.2. The van der Waals surface area contributed by atoms with Gasteiger partial charge in [-0.25, -0.2) is 4.79 Å². The largest absolute Gasteiger partial charge is 0.466 e. The van der Waals surface area contributed by atoms with Crippen LogP contribution in [-0.2, 0) is 19.1 Å². The van der Waals surface area contributed by atoms with E-state index >= 15 is 0 Å². The highest BCUT2D eigenvalue weighted by atomic mass is 16.5. The van der Waals surface area contributed by atoms with Crippen molar-refractivity contribution in [3.05, 3.63) is 23.3 Å². The van der Waals surface area contributed by atoms with Crippen LogP contribution in [0.5, 0.6) is 0 Å². The van der Waals surface area contributed by atoms with E-state index in [2.05, 4.69) is 4.74 Å². The molecule has 4 nitrogen and oxygen atoms in total. The van der Waals surface area contributed by atoms with Crippen LogP contribution in [0, 0.1) is 5.92 Å². The molecule has 0 aromatic heterocycles. The maximum absolute atomic E-state index is 11.6. The molecule has 1 aliphatic carbocycles. The molecule has 1 aliphatic rings. The summed E-state index contributed by atoms with van der Waals surface area (Å²) in [6, 6.07) is 0. The lowest BCUT2D eigenvalue weighted by atomic mass is 9.84. The summed E-state index contributed by atoms with van der Waals surface area (Å²) in [5.41, 5.74) is 2.25. The van der Waals surface area contributed by atoms with E-state index in [9.17, 15) is 9.59 Å². The van der Waals surface area contributed by atoms with Gasteiger partial charge in [0, 0.05) is 6.08 Å². The van der Waals surface area contributed by atoms with E-state index in [1.165, 1.54) is 13.2 Å². The molecule has 0 aromatic rings. The normalized spacial score (nSPS) is 20.1. The SMILES string of the molecule is CCOC(=O)C1CCC(/C=C/C(=O)OC)=C(C)C1. The van der Waals surface area contributed by atoms with Crippen LogP contribution in [0.2, 0.25) is 0 Å². The summed E-state index contributed by atoms with van der Waals surface area (Å²) < 4.78 is 9.57. The minimum Gasteiger partial charge on any atom is -0.466 e. The highest BCUT2D eigenvalue weighted by Gasteiger charge is 2.24. The van der Waals surface area contributed by atoms with Crippen molar-refractivity contribution in [3.63, 3.8) is 0 Å². The molecule has 0 heterocycles. The summed E-state index contributed by atoms with van der Waals surface area (Å²) in [7, 11) is 1.35. The number of allylic oxidation sites excluding steroid dienone is 3. The van der Waals surface area contributed by atoms with Gasteiger partial charge in [0.1, 0.15) is 0 Å². The summed E-state index contributed by atoms with van der Waals surface area (Å²) >= 11 is 0. The molecule has 1 atom stereocenters. The number of carbonyl (C=O) groups excluding carboxylic acids is 2. The van der Waals surface area contributed by atoms with E-state index in [-0.39, 0.29) is 17.9 Å². The van der Waals surface area contributed by atoms with Gasteiger partial charge in [0.15, 0.2) is 0 Å². The molecule has 0 aromatic carbocycles. The number of carbonyl (C=O) groups is 2. The zero-order chi connectivity index (χ0) is 13.5. The second-order valence-electron chi connectivity index (χ2n) is 4.35. The van der Waals surface area contributed by atoms with Crippen LogP contribution in [-0.4, -0.2) is 25.7 Å². The molecule has 0 bridgehead atoms. The molecule has 1 unspecified atom stereocenters. The Morgan fingerprint density at radius 3 is 2.72 bits per heavy atom. The molecule has 0 saturated heterocycles. The van der Waals surface area contributed by atoms with Crippen molar-refractivity contribution in [2.75, 3.05) is 13.7 Å². The van der Waals surface area contributed by atoms with E-state index in [0.29, 0.717) is 13.0 Å². The van der Waals surface area contributed by atoms with Crippen LogP contribution < -0.4 is 0 Å². The van der Waals surface area contributed by atoms with Crippen molar-refractivity contribution in [2.24, 2.45) is 5.92 Å². The molecule has 0 amide bonds. The smallest absolute Gasteiger partial charge is 0.330 e. The number of hydrogen-bond donors (Lipinski definition) is 0. The molecule has 1 rings (SSSR count). The third-order valence-corrected chi connectivity index (χ3v) is 3.10.